The molecule has 1 fully saturated rings. The van der Waals surface area contributed by atoms with Crippen LogP contribution in [0.25, 0.3) is 21.2 Å². The van der Waals surface area contributed by atoms with Crippen molar-refractivity contribution in [2.24, 2.45) is 5.11 Å². The van der Waals surface area contributed by atoms with Gasteiger partial charge in [-0.15, -0.1) is 0 Å². The fraction of sp³-hybridized carbons (Fsp3) is 0.346. The normalized spacial score (nSPS) is 16.4. The highest BCUT2D eigenvalue weighted by molar-refractivity contribution is 7.89. The van der Waals surface area contributed by atoms with Gasteiger partial charge >= 0.3 is 0 Å². The van der Waals surface area contributed by atoms with Gasteiger partial charge in [0, 0.05) is 24.0 Å². The SMILES string of the molecule is COc1ccc2ccc(S(=O)(=O)N[C@H](COCc3ccccc3)C(=O)N3CCC[C@H]3CN=[N+]=[N-])cc2c1. The summed E-state index contributed by atoms with van der Waals surface area (Å²) in [6.07, 6.45) is 1.43. The molecule has 0 spiro atoms. The van der Waals surface area contributed by atoms with Crippen molar-refractivity contribution in [3.63, 3.8) is 0 Å². The van der Waals surface area contributed by atoms with Crippen LogP contribution in [0.5, 0.6) is 5.75 Å². The number of rotatable bonds is 11. The van der Waals surface area contributed by atoms with Gasteiger partial charge in [-0.1, -0.05) is 47.6 Å². The molecule has 1 aliphatic rings. The lowest BCUT2D eigenvalue weighted by Crippen LogP contribution is -2.52. The molecule has 0 aliphatic carbocycles. The largest absolute Gasteiger partial charge is 0.497 e. The molecule has 1 heterocycles. The van der Waals surface area contributed by atoms with Crippen LogP contribution in [0.1, 0.15) is 18.4 Å². The Morgan fingerprint density at radius 3 is 2.70 bits per heavy atom. The van der Waals surface area contributed by atoms with Gasteiger partial charge < -0.3 is 14.4 Å². The number of methoxy groups -OCH3 is 1. The number of azide groups is 1. The molecule has 0 radical (unpaired) electrons. The standard InChI is InChI=1S/C26H29N5O5S/c1-35-23-11-9-20-10-12-24(15-21(20)14-23)37(33,34)29-25(18-36-17-19-6-3-2-4-7-19)26(32)31-13-5-8-22(31)16-28-30-27/h2-4,6-7,9-12,14-15,22,25,29H,5,8,13,16-18H2,1H3/t22-,25+/m0/s1. The van der Waals surface area contributed by atoms with E-state index >= 15 is 0 Å². The number of hydrogen-bond donors (Lipinski definition) is 1. The highest BCUT2D eigenvalue weighted by Gasteiger charge is 2.35. The summed E-state index contributed by atoms with van der Waals surface area (Å²) in [5.74, 6) is 0.201. The fourth-order valence-electron chi connectivity index (χ4n) is 4.42. The minimum atomic E-state index is -4.07. The van der Waals surface area contributed by atoms with E-state index in [0.29, 0.717) is 24.1 Å². The zero-order valence-electron chi connectivity index (χ0n) is 20.5. The molecule has 1 aliphatic heterocycles. The molecule has 10 nitrogen and oxygen atoms in total. The van der Waals surface area contributed by atoms with Gasteiger partial charge in [-0.25, -0.2) is 8.42 Å². The van der Waals surface area contributed by atoms with Crippen molar-refractivity contribution >= 4 is 26.7 Å². The van der Waals surface area contributed by atoms with Crippen LogP contribution >= 0.6 is 0 Å². The molecule has 1 N–H and O–H groups in total. The number of amides is 1. The van der Waals surface area contributed by atoms with Crippen molar-refractivity contribution in [3.8, 4) is 5.75 Å². The maximum atomic E-state index is 13.5. The summed E-state index contributed by atoms with van der Waals surface area (Å²) in [4.78, 5) is 17.9. The van der Waals surface area contributed by atoms with Crippen molar-refractivity contribution in [2.75, 3.05) is 26.8 Å². The zero-order valence-corrected chi connectivity index (χ0v) is 21.3. The summed E-state index contributed by atoms with van der Waals surface area (Å²) in [6, 6.07) is 18.2. The number of benzene rings is 3. The van der Waals surface area contributed by atoms with Crippen LogP contribution in [0.15, 0.2) is 76.7 Å². The number of ether oxygens (including phenoxy) is 2. The second kappa shape index (κ2) is 12.1. The predicted octanol–water partition coefficient (Wildman–Crippen LogP) is 4.01. The second-order valence-electron chi connectivity index (χ2n) is 8.79. The molecular weight excluding hydrogens is 494 g/mol. The topological polar surface area (TPSA) is 134 Å². The first-order valence-corrected chi connectivity index (χ1v) is 13.4. The quantitative estimate of drug-likeness (QED) is 0.230. The van der Waals surface area contributed by atoms with E-state index in [1.807, 2.05) is 36.4 Å². The summed E-state index contributed by atoms with van der Waals surface area (Å²) >= 11 is 0. The molecule has 3 aromatic rings. The third-order valence-corrected chi connectivity index (χ3v) is 7.81. The molecule has 1 amide bonds. The molecule has 2 atom stereocenters. The Morgan fingerprint density at radius 1 is 1.16 bits per heavy atom. The molecule has 3 aromatic carbocycles. The average Bonchev–Trinajstić information content (AvgIpc) is 3.39. The summed E-state index contributed by atoms with van der Waals surface area (Å²) in [5, 5.41) is 5.17. The van der Waals surface area contributed by atoms with Gasteiger partial charge in [0.05, 0.1) is 25.2 Å². The smallest absolute Gasteiger partial charge is 0.243 e. The van der Waals surface area contributed by atoms with Crippen molar-refractivity contribution in [1.82, 2.24) is 9.62 Å². The van der Waals surface area contributed by atoms with Gasteiger partial charge in [-0.2, -0.15) is 4.72 Å². The molecule has 0 aromatic heterocycles. The van der Waals surface area contributed by atoms with Crippen LogP contribution in [0.3, 0.4) is 0 Å². The van der Waals surface area contributed by atoms with E-state index in [1.165, 1.54) is 6.07 Å². The predicted molar refractivity (Wildman–Crippen MR) is 139 cm³/mol. The van der Waals surface area contributed by atoms with E-state index in [0.717, 1.165) is 17.4 Å². The minimum absolute atomic E-state index is 0.0289. The number of sulfonamides is 1. The Bertz CT molecular complexity index is 1390. The second-order valence-corrected chi connectivity index (χ2v) is 10.5. The van der Waals surface area contributed by atoms with Gasteiger partial charge in [-0.05, 0) is 59.0 Å². The monoisotopic (exact) mass is 523 g/mol. The molecule has 0 unspecified atom stereocenters. The Hall–Kier alpha value is -3.63. The third-order valence-electron chi connectivity index (χ3n) is 6.34. The maximum Gasteiger partial charge on any atom is 0.243 e. The third kappa shape index (κ3) is 6.58. The molecule has 194 valence electrons. The molecule has 0 bridgehead atoms. The van der Waals surface area contributed by atoms with E-state index in [-0.39, 0.29) is 30.7 Å². The first-order valence-electron chi connectivity index (χ1n) is 11.9. The Balaban J connectivity index is 1.57. The number of nitrogens with zero attached hydrogens (tertiary/aromatic N) is 4. The van der Waals surface area contributed by atoms with Crippen molar-refractivity contribution in [2.45, 2.75) is 36.4 Å². The molecular formula is C26H29N5O5S. The van der Waals surface area contributed by atoms with E-state index in [4.69, 9.17) is 15.0 Å². The van der Waals surface area contributed by atoms with Gasteiger partial charge in [0.1, 0.15) is 11.8 Å². The first kappa shape index (κ1) is 26.4. The van der Waals surface area contributed by atoms with Crippen LogP contribution in [-0.2, 0) is 26.2 Å². The molecule has 4 rings (SSSR count). The van der Waals surface area contributed by atoms with Crippen LogP contribution in [-0.4, -0.2) is 58.1 Å². The van der Waals surface area contributed by atoms with Gasteiger partial charge in [0.2, 0.25) is 15.9 Å². The van der Waals surface area contributed by atoms with Gasteiger partial charge in [0.25, 0.3) is 0 Å². The Labute approximate surface area is 215 Å². The lowest BCUT2D eigenvalue weighted by molar-refractivity contribution is -0.135. The van der Waals surface area contributed by atoms with Crippen molar-refractivity contribution in [3.05, 3.63) is 82.7 Å². The minimum Gasteiger partial charge on any atom is -0.497 e. The van der Waals surface area contributed by atoms with E-state index in [2.05, 4.69) is 14.7 Å². The number of hydrogen-bond acceptors (Lipinski definition) is 6. The molecule has 0 saturated carbocycles. The summed E-state index contributed by atoms with van der Waals surface area (Å²) in [6.45, 7) is 0.666. The highest BCUT2D eigenvalue weighted by Crippen LogP contribution is 2.25. The van der Waals surface area contributed by atoms with E-state index in [1.54, 1.807) is 36.3 Å². The lowest BCUT2D eigenvalue weighted by atomic mass is 10.1. The Morgan fingerprint density at radius 2 is 1.95 bits per heavy atom. The molecule has 11 heteroatoms. The summed E-state index contributed by atoms with van der Waals surface area (Å²) in [5.41, 5.74) is 9.61. The fourth-order valence-corrected chi connectivity index (χ4v) is 5.63. The summed E-state index contributed by atoms with van der Waals surface area (Å²) in [7, 11) is -2.53. The maximum absolute atomic E-state index is 13.5. The number of nitrogens with one attached hydrogen (secondary N) is 1. The van der Waals surface area contributed by atoms with Crippen molar-refractivity contribution < 1.29 is 22.7 Å². The molecule has 1 saturated heterocycles. The number of carbonyl (C=O) groups is 1. The zero-order chi connectivity index (χ0) is 26.3. The van der Waals surface area contributed by atoms with Crippen LogP contribution in [0.4, 0.5) is 0 Å². The average molecular weight is 524 g/mol. The van der Waals surface area contributed by atoms with Crippen molar-refractivity contribution in [1.29, 1.82) is 0 Å². The van der Waals surface area contributed by atoms with E-state index < -0.39 is 22.0 Å². The van der Waals surface area contributed by atoms with Crippen LogP contribution in [0.2, 0.25) is 0 Å². The number of fused-ring (bicyclic) bond motifs is 1. The first-order chi connectivity index (χ1) is 17.9. The lowest BCUT2D eigenvalue weighted by Gasteiger charge is -2.28. The number of carbonyl (C=O) groups excluding carboxylic acids is 1. The van der Waals surface area contributed by atoms with Crippen LogP contribution in [0, 0.1) is 0 Å². The summed E-state index contributed by atoms with van der Waals surface area (Å²) < 4.78 is 40.4. The van der Waals surface area contributed by atoms with Gasteiger partial charge in [-0.3, -0.25) is 4.79 Å². The highest BCUT2D eigenvalue weighted by atomic mass is 32.2. The van der Waals surface area contributed by atoms with E-state index in [9.17, 15) is 13.2 Å². The Kier molecular flexibility index (Phi) is 8.62. The van der Waals surface area contributed by atoms with Gasteiger partial charge in [0.15, 0.2) is 0 Å². The number of likely N-dealkylation sites (tertiary alicyclic amines) is 1. The van der Waals surface area contributed by atoms with Crippen LogP contribution < -0.4 is 9.46 Å². The molecule has 37 heavy (non-hydrogen) atoms.